The van der Waals surface area contributed by atoms with Crippen molar-refractivity contribution in [3.8, 4) is 0 Å². The number of aliphatic carboxylic acids is 1. The number of rotatable bonds is 8. The fraction of sp³-hybridized carbons (Fsp3) is 0.480. The highest BCUT2D eigenvalue weighted by molar-refractivity contribution is 7.99. The predicted molar refractivity (Wildman–Crippen MR) is 131 cm³/mol. The van der Waals surface area contributed by atoms with Gasteiger partial charge in [-0.2, -0.15) is 0 Å². The number of aryl methyl sites for hydroxylation is 2. The molecule has 2 aromatic rings. The van der Waals surface area contributed by atoms with E-state index >= 15 is 0 Å². The molecule has 1 atom stereocenters. The number of hydrogen-bond acceptors (Lipinski definition) is 4. The van der Waals surface area contributed by atoms with Gasteiger partial charge in [0.05, 0.1) is 0 Å². The second-order valence-electron chi connectivity index (χ2n) is 7.61. The van der Waals surface area contributed by atoms with Crippen LogP contribution in [0.25, 0.3) is 0 Å². The highest BCUT2D eigenvalue weighted by atomic mass is 32.2. The summed E-state index contributed by atoms with van der Waals surface area (Å²) in [4.78, 5) is 12.9. The zero-order chi connectivity index (χ0) is 22.8. The number of nitrogens with one attached hydrogen (secondary N) is 2. The van der Waals surface area contributed by atoms with Gasteiger partial charge in [-0.25, -0.2) is 4.79 Å². The van der Waals surface area contributed by atoms with Gasteiger partial charge in [0.15, 0.2) is 0 Å². The number of carboxylic acid groups (broad SMARTS) is 1. The fourth-order valence-electron chi connectivity index (χ4n) is 2.99. The van der Waals surface area contributed by atoms with Crippen LogP contribution in [0.4, 0.5) is 5.69 Å². The molecule has 0 saturated heterocycles. The molecule has 0 amide bonds. The van der Waals surface area contributed by atoms with Gasteiger partial charge in [0.25, 0.3) is 0 Å². The SMILES string of the molecule is CCNCC.Cc1ccc(NC(CSc2ccc(C)c(C)c2C)C(=O)O)c(C)c1C. The lowest BCUT2D eigenvalue weighted by molar-refractivity contribution is -0.137. The van der Waals surface area contributed by atoms with Crippen molar-refractivity contribution in [2.45, 2.75) is 66.3 Å². The van der Waals surface area contributed by atoms with E-state index in [1.807, 2.05) is 19.1 Å². The molecule has 30 heavy (non-hydrogen) atoms. The standard InChI is InChI=1S/C21H27NO2S.C4H11N/c1-12-7-9-18(16(5)14(12)3)22-19(21(23)24)11-25-20-10-8-13(2)15(4)17(20)6;1-3-5-4-2/h7-10,19,22H,11H2,1-6H3,(H,23,24);5H,3-4H2,1-2H3. The lowest BCUT2D eigenvalue weighted by Crippen LogP contribution is -2.32. The van der Waals surface area contributed by atoms with Gasteiger partial charge in [-0.1, -0.05) is 26.0 Å². The number of carboxylic acids is 1. The Morgan fingerprint density at radius 1 is 0.867 bits per heavy atom. The van der Waals surface area contributed by atoms with E-state index in [0.717, 1.165) is 29.2 Å². The average Bonchev–Trinajstić information content (AvgIpc) is 2.71. The van der Waals surface area contributed by atoms with Crippen molar-refractivity contribution in [2.24, 2.45) is 0 Å². The van der Waals surface area contributed by atoms with Crippen LogP contribution in [0.2, 0.25) is 0 Å². The summed E-state index contributed by atoms with van der Waals surface area (Å²) in [7, 11) is 0. The highest BCUT2D eigenvalue weighted by Crippen LogP contribution is 2.28. The van der Waals surface area contributed by atoms with E-state index in [-0.39, 0.29) is 0 Å². The van der Waals surface area contributed by atoms with Gasteiger partial charge >= 0.3 is 5.97 Å². The van der Waals surface area contributed by atoms with Crippen LogP contribution in [0.3, 0.4) is 0 Å². The van der Waals surface area contributed by atoms with Crippen LogP contribution in [0.15, 0.2) is 29.2 Å². The third kappa shape index (κ3) is 7.37. The molecular formula is C25H38N2O2S. The molecule has 0 aliphatic heterocycles. The van der Waals surface area contributed by atoms with Gasteiger partial charge in [-0.15, -0.1) is 11.8 Å². The molecule has 2 aromatic carbocycles. The summed E-state index contributed by atoms with van der Waals surface area (Å²) >= 11 is 1.60. The second kappa shape index (κ2) is 12.7. The Morgan fingerprint density at radius 2 is 1.40 bits per heavy atom. The molecule has 0 radical (unpaired) electrons. The van der Waals surface area contributed by atoms with Crippen molar-refractivity contribution < 1.29 is 9.90 Å². The second-order valence-corrected chi connectivity index (χ2v) is 8.68. The maximum absolute atomic E-state index is 11.7. The van der Waals surface area contributed by atoms with E-state index in [1.54, 1.807) is 11.8 Å². The largest absolute Gasteiger partial charge is 0.480 e. The van der Waals surface area contributed by atoms with Gasteiger partial charge in [0.2, 0.25) is 0 Å². The van der Waals surface area contributed by atoms with E-state index < -0.39 is 12.0 Å². The fourth-order valence-corrected chi connectivity index (χ4v) is 4.09. The molecule has 0 bridgehead atoms. The van der Waals surface area contributed by atoms with Crippen molar-refractivity contribution in [1.29, 1.82) is 0 Å². The van der Waals surface area contributed by atoms with Crippen LogP contribution in [0.1, 0.15) is 47.2 Å². The first-order valence-corrected chi connectivity index (χ1v) is 11.6. The number of anilines is 1. The van der Waals surface area contributed by atoms with Crippen molar-refractivity contribution in [1.82, 2.24) is 5.32 Å². The zero-order valence-electron chi connectivity index (χ0n) is 19.8. The summed E-state index contributed by atoms with van der Waals surface area (Å²) in [6, 6.07) is 7.56. The Labute approximate surface area is 186 Å². The van der Waals surface area contributed by atoms with Crippen LogP contribution >= 0.6 is 11.8 Å². The molecule has 5 heteroatoms. The average molecular weight is 431 g/mol. The smallest absolute Gasteiger partial charge is 0.326 e. The summed E-state index contributed by atoms with van der Waals surface area (Å²) in [5, 5.41) is 15.9. The normalized spacial score (nSPS) is 11.5. The summed E-state index contributed by atoms with van der Waals surface area (Å²) in [5.74, 6) is -0.350. The molecule has 0 aliphatic rings. The van der Waals surface area contributed by atoms with Crippen LogP contribution in [0, 0.1) is 41.5 Å². The first kappa shape index (κ1) is 26.1. The molecule has 0 fully saturated rings. The van der Waals surface area contributed by atoms with E-state index in [0.29, 0.717) is 5.75 Å². The minimum Gasteiger partial charge on any atom is -0.480 e. The van der Waals surface area contributed by atoms with Crippen molar-refractivity contribution in [2.75, 3.05) is 24.2 Å². The molecule has 0 saturated carbocycles. The van der Waals surface area contributed by atoms with E-state index in [1.165, 1.54) is 27.8 Å². The number of benzene rings is 2. The lowest BCUT2D eigenvalue weighted by atomic mass is 10.0. The topological polar surface area (TPSA) is 61.4 Å². The third-order valence-corrected chi connectivity index (χ3v) is 6.85. The zero-order valence-corrected chi connectivity index (χ0v) is 20.6. The molecule has 0 aromatic heterocycles. The van der Waals surface area contributed by atoms with Crippen molar-refractivity contribution in [3.63, 3.8) is 0 Å². The Hall–Kier alpha value is -1.98. The molecule has 0 spiro atoms. The van der Waals surface area contributed by atoms with Crippen LogP contribution in [0.5, 0.6) is 0 Å². The number of hydrogen-bond donors (Lipinski definition) is 3. The molecule has 4 nitrogen and oxygen atoms in total. The van der Waals surface area contributed by atoms with Crippen LogP contribution < -0.4 is 10.6 Å². The Kier molecular flexibility index (Phi) is 11.0. The van der Waals surface area contributed by atoms with E-state index in [2.05, 4.69) is 71.2 Å². The van der Waals surface area contributed by atoms with E-state index in [9.17, 15) is 9.90 Å². The Morgan fingerprint density at radius 3 is 1.90 bits per heavy atom. The maximum Gasteiger partial charge on any atom is 0.326 e. The summed E-state index contributed by atoms with van der Waals surface area (Å²) < 4.78 is 0. The van der Waals surface area contributed by atoms with Gasteiger partial charge in [-0.3, -0.25) is 0 Å². The molecule has 0 aliphatic carbocycles. The molecule has 166 valence electrons. The first-order chi connectivity index (χ1) is 14.1. The number of carbonyl (C=O) groups is 1. The maximum atomic E-state index is 11.7. The number of thioether (sulfide) groups is 1. The van der Waals surface area contributed by atoms with Gasteiger partial charge in [0, 0.05) is 16.3 Å². The molecule has 2 rings (SSSR count). The van der Waals surface area contributed by atoms with Gasteiger partial charge < -0.3 is 15.7 Å². The quantitative estimate of drug-likeness (QED) is 0.461. The Balaban J connectivity index is 0.000000804. The Bertz CT molecular complexity index is 848. The summed E-state index contributed by atoms with van der Waals surface area (Å²) in [6.07, 6.45) is 0. The monoisotopic (exact) mass is 430 g/mol. The van der Waals surface area contributed by atoms with E-state index in [4.69, 9.17) is 0 Å². The van der Waals surface area contributed by atoms with Crippen LogP contribution in [-0.2, 0) is 4.79 Å². The molecule has 0 heterocycles. The first-order valence-electron chi connectivity index (χ1n) is 10.6. The molecule has 1 unspecified atom stereocenters. The van der Waals surface area contributed by atoms with Crippen LogP contribution in [-0.4, -0.2) is 36.0 Å². The minimum atomic E-state index is -0.827. The lowest BCUT2D eigenvalue weighted by Gasteiger charge is -2.20. The summed E-state index contributed by atoms with van der Waals surface area (Å²) in [5.41, 5.74) is 8.19. The minimum absolute atomic E-state index is 0.477. The van der Waals surface area contributed by atoms with Gasteiger partial charge in [0.1, 0.15) is 6.04 Å². The third-order valence-electron chi connectivity index (χ3n) is 5.60. The van der Waals surface area contributed by atoms with Gasteiger partial charge in [-0.05, 0) is 100 Å². The predicted octanol–water partition coefficient (Wildman–Crippen LogP) is 5.81. The van der Waals surface area contributed by atoms with Crippen molar-refractivity contribution in [3.05, 3.63) is 57.6 Å². The molecule has 3 N–H and O–H groups in total. The molecular weight excluding hydrogens is 392 g/mol. The summed E-state index contributed by atoms with van der Waals surface area (Å²) in [6.45, 7) is 18.9. The van der Waals surface area contributed by atoms with Crippen molar-refractivity contribution >= 4 is 23.4 Å². The highest BCUT2D eigenvalue weighted by Gasteiger charge is 2.19.